The first-order chi connectivity index (χ1) is 10.1. The van der Waals surface area contributed by atoms with Gasteiger partial charge in [0.2, 0.25) is 10.0 Å². The number of carbonyl (C=O) groups is 1. The molecule has 1 N–H and O–H groups in total. The summed E-state index contributed by atoms with van der Waals surface area (Å²) < 4.78 is 25.6. The lowest BCUT2D eigenvalue weighted by Gasteiger charge is -2.28. The van der Waals surface area contributed by atoms with Crippen molar-refractivity contribution in [3.63, 3.8) is 0 Å². The van der Waals surface area contributed by atoms with E-state index in [2.05, 4.69) is 5.32 Å². The SMILES string of the molecule is CC(C)(C)NC(=O)c1ccc(N2CCCCS2(=O)=O)cc1Cl. The highest BCUT2D eigenvalue weighted by molar-refractivity contribution is 7.92. The lowest BCUT2D eigenvalue weighted by atomic mass is 10.1. The zero-order valence-electron chi connectivity index (χ0n) is 13.0. The maximum atomic E-state index is 12.2. The van der Waals surface area contributed by atoms with E-state index in [0.29, 0.717) is 24.2 Å². The predicted octanol–water partition coefficient (Wildman–Crippen LogP) is 2.80. The van der Waals surface area contributed by atoms with E-state index < -0.39 is 10.0 Å². The largest absolute Gasteiger partial charge is 0.347 e. The number of amides is 1. The van der Waals surface area contributed by atoms with Crippen LogP contribution >= 0.6 is 11.6 Å². The molecular formula is C15H21ClN2O3S. The van der Waals surface area contributed by atoms with E-state index in [4.69, 9.17) is 11.6 Å². The van der Waals surface area contributed by atoms with Crippen molar-refractivity contribution in [1.82, 2.24) is 5.32 Å². The molecule has 22 heavy (non-hydrogen) atoms. The standard InChI is InChI=1S/C15H21ClN2O3S/c1-15(2,3)17-14(19)12-7-6-11(10-13(12)16)18-8-4-5-9-22(18,20)21/h6-7,10H,4-5,8-9H2,1-3H3,(H,17,19). The van der Waals surface area contributed by atoms with Gasteiger partial charge in [-0.05, 0) is 51.8 Å². The van der Waals surface area contributed by atoms with Crippen molar-refractivity contribution in [3.05, 3.63) is 28.8 Å². The van der Waals surface area contributed by atoms with E-state index in [9.17, 15) is 13.2 Å². The van der Waals surface area contributed by atoms with E-state index in [1.807, 2.05) is 20.8 Å². The van der Waals surface area contributed by atoms with Crippen LogP contribution in [0.15, 0.2) is 18.2 Å². The van der Waals surface area contributed by atoms with Crippen LogP contribution in [0, 0.1) is 0 Å². The smallest absolute Gasteiger partial charge is 0.253 e. The molecule has 0 radical (unpaired) electrons. The number of nitrogens with zero attached hydrogens (tertiary/aromatic N) is 1. The summed E-state index contributed by atoms with van der Waals surface area (Å²) in [4.78, 5) is 12.2. The van der Waals surface area contributed by atoms with Gasteiger partial charge in [0, 0.05) is 12.1 Å². The van der Waals surface area contributed by atoms with Crippen molar-refractivity contribution in [3.8, 4) is 0 Å². The first kappa shape index (κ1) is 17.1. The molecule has 7 heteroatoms. The topological polar surface area (TPSA) is 66.5 Å². The fraction of sp³-hybridized carbons (Fsp3) is 0.533. The quantitative estimate of drug-likeness (QED) is 0.897. The number of hydrogen-bond donors (Lipinski definition) is 1. The normalized spacial score (nSPS) is 18.1. The average molecular weight is 345 g/mol. The van der Waals surface area contributed by atoms with Gasteiger partial charge >= 0.3 is 0 Å². The highest BCUT2D eigenvalue weighted by atomic mass is 35.5. The molecule has 0 aliphatic carbocycles. The third-order valence-electron chi connectivity index (χ3n) is 3.32. The van der Waals surface area contributed by atoms with Gasteiger partial charge < -0.3 is 5.32 Å². The maximum Gasteiger partial charge on any atom is 0.253 e. The number of halogens is 1. The molecule has 1 heterocycles. The summed E-state index contributed by atoms with van der Waals surface area (Å²) in [5.41, 5.74) is 0.488. The van der Waals surface area contributed by atoms with Crippen molar-refractivity contribution >= 4 is 33.2 Å². The van der Waals surface area contributed by atoms with Gasteiger partial charge in [-0.2, -0.15) is 0 Å². The zero-order valence-corrected chi connectivity index (χ0v) is 14.6. The Bertz CT molecular complexity index is 681. The molecule has 1 aliphatic rings. The van der Waals surface area contributed by atoms with Crippen molar-refractivity contribution in [2.24, 2.45) is 0 Å². The van der Waals surface area contributed by atoms with Crippen molar-refractivity contribution in [2.75, 3.05) is 16.6 Å². The average Bonchev–Trinajstić information content (AvgIpc) is 2.35. The van der Waals surface area contributed by atoms with Crippen LogP contribution < -0.4 is 9.62 Å². The molecule has 122 valence electrons. The summed E-state index contributed by atoms with van der Waals surface area (Å²) in [5, 5.41) is 3.09. The molecule has 0 bridgehead atoms. The third kappa shape index (κ3) is 3.93. The van der Waals surface area contributed by atoms with E-state index >= 15 is 0 Å². The Hall–Kier alpha value is -1.27. The van der Waals surface area contributed by atoms with Gasteiger partial charge in [-0.1, -0.05) is 11.6 Å². The highest BCUT2D eigenvalue weighted by Gasteiger charge is 2.27. The first-order valence-electron chi connectivity index (χ1n) is 7.23. The number of carbonyl (C=O) groups excluding carboxylic acids is 1. The van der Waals surface area contributed by atoms with Crippen LogP contribution in [0.3, 0.4) is 0 Å². The van der Waals surface area contributed by atoms with Crippen LogP contribution in [0.4, 0.5) is 5.69 Å². The van der Waals surface area contributed by atoms with Crippen molar-refractivity contribution in [1.29, 1.82) is 0 Å². The maximum absolute atomic E-state index is 12.2. The lowest BCUT2D eigenvalue weighted by molar-refractivity contribution is 0.0919. The second-order valence-corrected chi connectivity index (χ2v) is 8.88. The summed E-state index contributed by atoms with van der Waals surface area (Å²) in [5.74, 6) is -0.123. The number of nitrogens with one attached hydrogen (secondary N) is 1. The predicted molar refractivity (Wildman–Crippen MR) is 89.0 cm³/mol. The van der Waals surface area contributed by atoms with Gasteiger partial charge in [0.15, 0.2) is 0 Å². The van der Waals surface area contributed by atoms with Gasteiger partial charge in [-0.3, -0.25) is 9.10 Å². The Balaban J connectivity index is 2.28. The first-order valence-corrected chi connectivity index (χ1v) is 9.21. The van der Waals surface area contributed by atoms with Gasteiger partial charge in [-0.25, -0.2) is 8.42 Å². The minimum Gasteiger partial charge on any atom is -0.347 e. The number of rotatable bonds is 2. The molecule has 0 saturated carbocycles. The van der Waals surface area contributed by atoms with Crippen molar-refractivity contribution < 1.29 is 13.2 Å². The molecular weight excluding hydrogens is 324 g/mol. The van der Waals surface area contributed by atoms with E-state index in [1.54, 1.807) is 18.2 Å². The molecule has 1 amide bonds. The van der Waals surface area contributed by atoms with Crippen LogP contribution in [0.5, 0.6) is 0 Å². The second kappa shape index (κ2) is 6.08. The number of hydrogen-bond acceptors (Lipinski definition) is 3. The fourth-order valence-corrected chi connectivity index (χ4v) is 4.22. The molecule has 1 aromatic rings. The monoisotopic (exact) mass is 344 g/mol. The van der Waals surface area contributed by atoms with Crippen molar-refractivity contribution in [2.45, 2.75) is 39.2 Å². The third-order valence-corrected chi connectivity index (χ3v) is 5.51. The molecule has 0 unspecified atom stereocenters. The molecule has 1 fully saturated rings. The van der Waals surface area contributed by atoms with E-state index in [1.165, 1.54) is 4.31 Å². The Morgan fingerprint density at radius 2 is 1.95 bits per heavy atom. The lowest BCUT2D eigenvalue weighted by Crippen LogP contribution is -2.40. The molecule has 1 saturated heterocycles. The minimum absolute atomic E-state index is 0.150. The summed E-state index contributed by atoms with van der Waals surface area (Å²) >= 11 is 6.18. The summed E-state index contributed by atoms with van der Waals surface area (Å²) in [6.07, 6.45) is 1.50. The Morgan fingerprint density at radius 1 is 1.27 bits per heavy atom. The summed E-state index contributed by atoms with van der Waals surface area (Å²) in [7, 11) is -3.28. The van der Waals surface area contributed by atoms with Gasteiger partial charge in [-0.15, -0.1) is 0 Å². The van der Waals surface area contributed by atoms with Crippen LogP contribution in [0.1, 0.15) is 44.0 Å². The highest BCUT2D eigenvalue weighted by Crippen LogP contribution is 2.28. The van der Waals surface area contributed by atoms with Crippen LogP contribution in [0.2, 0.25) is 5.02 Å². The minimum atomic E-state index is -3.28. The Morgan fingerprint density at radius 3 is 2.50 bits per heavy atom. The van der Waals surface area contributed by atoms with Gasteiger partial charge in [0.1, 0.15) is 0 Å². The molecule has 0 aromatic heterocycles. The second-order valence-electron chi connectivity index (χ2n) is 6.46. The van der Waals surface area contributed by atoms with E-state index in [-0.39, 0.29) is 22.2 Å². The fourth-order valence-electron chi connectivity index (χ4n) is 2.33. The summed E-state index contributed by atoms with van der Waals surface area (Å²) in [6.45, 7) is 6.10. The molecule has 0 atom stereocenters. The van der Waals surface area contributed by atoms with Crippen LogP contribution in [0.25, 0.3) is 0 Å². The number of benzene rings is 1. The molecule has 2 rings (SSSR count). The van der Waals surface area contributed by atoms with Gasteiger partial charge in [0.05, 0.1) is 22.0 Å². The molecule has 1 aliphatic heterocycles. The number of sulfonamides is 1. The van der Waals surface area contributed by atoms with Gasteiger partial charge in [0.25, 0.3) is 5.91 Å². The Labute approximate surface area is 136 Å². The zero-order chi connectivity index (χ0) is 16.5. The summed E-state index contributed by atoms with van der Waals surface area (Å²) in [6, 6.07) is 4.75. The molecule has 5 nitrogen and oxygen atoms in total. The number of anilines is 1. The van der Waals surface area contributed by atoms with Crippen LogP contribution in [-0.2, 0) is 10.0 Å². The van der Waals surface area contributed by atoms with E-state index in [0.717, 1.165) is 6.42 Å². The molecule has 1 aromatic carbocycles. The van der Waals surface area contributed by atoms with Crippen LogP contribution in [-0.4, -0.2) is 32.2 Å². The molecule has 0 spiro atoms. The Kier molecular flexibility index (Phi) is 4.73.